The molecule has 1 aromatic carbocycles. The standard InChI is InChI=1S/C20H29N3O4.HI/c1-5-21-19(23-13-20(3,25)18-9-6-14(2)27-18)22-11-10-15-7-8-16(26-4)12-17(15)24;/h6-9,12,24-25H,5,10-11,13H2,1-4H3,(H2,21,22,23);1H. The van der Waals surface area contributed by atoms with Crippen LogP contribution in [0.1, 0.15) is 30.9 Å². The summed E-state index contributed by atoms with van der Waals surface area (Å²) in [6.07, 6.45) is 0.619. The number of aliphatic imine (C=N–C) groups is 1. The quantitative estimate of drug-likeness (QED) is 0.251. The second-order valence-corrected chi connectivity index (χ2v) is 6.55. The Hall–Kier alpha value is -1.94. The Morgan fingerprint density at radius 2 is 2.00 bits per heavy atom. The van der Waals surface area contributed by atoms with E-state index in [9.17, 15) is 10.2 Å². The Bertz CT molecular complexity index is 775. The van der Waals surface area contributed by atoms with E-state index in [0.29, 0.717) is 37.0 Å². The Morgan fingerprint density at radius 3 is 2.57 bits per heavy atom. The van der Waals surface area contributed by atoms with Gasteiger partial charge in [0.05, 0.1) is 13.7 Å². The van der Waals surface area contributed by atoms with Gasteiger partial charge in [-0.2, -0.15) is 0 Å². The number of aromatic hydroxyl groups is 1. The molecule has 2 rings (SSSR count). The fourth-order valence-electron chi connectivity index (χ4n) is 2.57. The zero-order chi connectivity index (χ0) is 19.9. The van der Waals surface area contributed by atoms with Gasteiger partial charge in [0.1, 0.15) is 28.6 Å². The zero-order valence-corrected chi connectivity index (χ0v) is 19.1. The van der Waals surface area contributed by atoms with Crippen molar-refractivity contribution in [1.82, 2.24) is 10.6 Å². The lowest BCUT2D eigenvalue weighted by Crippen LogP contribution is -2.39. The molecule has 28 heavy (non-hydrogen) atoms. The molecule has 4 N–H and O–H groups in total. The molecule has 7 nitrogen and oxygen atoms in total. The molecule has 1 aromatic heterocycles. The molecule has 1 unspecified atom stereocenters. The maximum Gasteiger partial charge on any atom is 0.191 e. The molecule has 0 bridgehead atoms. The van der Waals surface area contributed by atoms with Gasteiger partial charge < -0.3 is 30.0 Å². The maximum atomic E-state index is 10.6. The van der Waals surface area contributed by atoms with Gasteiger partial charge in [0.15, 0.2) is 5.96 Å². The highest BCUT2D eigenvalue weighted by atomic mass is 127. The number of rotatable bonds is 8. The summed E-state index contributed by atoms with van der Waals surface area (Å²) in [5.74, 6) is 2.65. The largest absolute Gasteiger partial charge is 0.508 e. The molecule has 0 radical (unpaired) electrons. The predicted molar refractivity (Wildman–Crippen MR) is 121 cm³/mol. The minimum absolute atomic E-state index is 0. The molecule has 1 heterocycles. The molecule has 8 heteroatoms. The van der Waals surface area contributed by atoms with Crippen molar-refractivity contribution in [2.24, 2.45) is 4.99 Å². The number of phenols is 1. The van der Waals surface area contributed by atoms with Crippen molar-refractivity contribution >= 4 is 29.9 Å². The van der Waals surface area contributed by atoms with Crippen LogP contribution in [-0.2, 0) is 12.0 Å². The first-order valence-electron chi connectivity index (χ1n) is 9.03. The van der Waals surface area contributed by atoms with Gasteiger partial charge in [-0.3, -0.25) is 0 Å². The normalized spacial score (nSPS) is 13.4. The zero-order valence-electron chi connectivity index (χ0n) is 16.8. The first-order valence-corrected chi connectivity index (χ1v) is 9.03. The average molecular weight is 503 g/mol. The van der Waals surface area contributed by atoms with Crippen molar-refractivity contribution in [2.45, 2.75) is 32.8 Å². The van der Waals surface area contributed by atoms with Gasteiger partial charge in [-0.15, -0.1) is 24.0 Å². The van der Waals surface area contributed by atoms with Crippen molar-refractivity contribution in [2.75, 3.05) is 26.7 Å². The number of nitrogens with one attached hydrogen (secondary N) is 2. The molecule has 0 amide bonds. The van der Waals surface area contributed by atoms with Crippen LogP contribution < -0.4 is 15.4 Å². The summed E-state index contributed by atoms with van der Waals surface area (Å²) >= 11 is 0. The van der Waals surface area contributed by atoms with E-state index in [1.54, 1.807) is 26.2 Å². The van der Waals surface area contributed by atoms with E-state index in [1.807, 2.05) is 32.0 Å². The van der Waals surface area contributed by atoms with E-state index in [0.717, 1.165) is 11.3 Å². The predicted octanol–water partition coefficient (Wildman–Crippen LogP) is 2.93. The first-order chi connectivity index (χ1) is 12.9. The highest BCUT2D eigenvalue weighted by Gasteiger charge is 2.26. The second-order valence-electron chi connectivity index (χ2n) is 6.55. The number of furan rings is 1. The van der Waals surface area contributed by atoms with E-state index in [1.165, 1.54) is 0 Å². The van der Waals surface area contributed by atoms with Crippen molar-refractivity contribution in [3.8, 4) is 11.5 Å². The lowest BCUT2D eigenvalue weighted by molar-refractivity contribution is 0.0428. The smallest absolute Gasteiger partial charge is 0.191 e. The van der Waals surface area contributed by atoms with E-state index in [4.69, 9.17) is 9.15 Å². The highest BCUT2D eigenvalue weighted by molar-refractivity contribution is 14.0. The lowest BCUT2D eigenvalue weighted by Gasteiger charge is -2.19. The van der Waals surface area contributed by atoms with Gasteiger partial charge in [0.2, 0.25) is 0 Å². The van der Waals surface area contributed by atoms with Crippen LogP contribution >= 0.6 is 24.0 Å². The topological polar surface area (TPSA) is 99.3 Å². The van der Waals surface area contributed by atoms with Gasteiger partial charge in [0, 0.05) is 19.2 Å². The number of methoxy groups -OCH3 is 1. The van der Waals surface area contributed by atoms with Gasteiger partial charge in [-0.1, -0.05) is 6.07 Å². The molecule has 0 aliphatic carbocycles. The summed E-state index contributed by atoms with van der Waals surface area (Å²) in [6.45, 7) is 6.91. The number of aliphatic hydroxyl groups is 1. The molecule has 0 spiro atoms. The number of guanidine groups is 1. The van der Waals surface area contributed by atoms with Gasteiger partial charge in [-0.05, 0) is 51.0 Å². The van der Waals surface area contributed by atoms with Crippen LogP contribution in [0.4, 0.5) is 0 Å². The second kappa shape index (κ2) is 11.2. The molecule has 0 fully saturated rings. The molecular weight excluding hydrogens is 473 g/mol. The summed E-state index contributed by atoms with van der Waals surface area (Å²) in [5.41, 5.74) is -0.373. The van der Waals surface area contributed by atoms with Crippen LogP contribution in [0, 0.1) is 6.92 Å². The lowest BCUT2D eigenvalue weighted by atomic mass is 10.0. The summed E-state index contributed by atoms with van der Waals surface area (Å²) < 4.78 is 10.6. The summed E-state index contributed by atoms with van der Waals surface area (Å²) in [5, 5.41) is 27.0. The van der Waals surface area contributed by atoms with Crippen molar-refractivity contribution < 1.29 is 19.4 Å². The van der Waals surface area contributed by atoms with Crippen molar-refractivity contribution in [3.05, 3.63) is 47.4 Å². The SMILES string of the molecule is CCNC(=NCC(C)(O)c1ccc(C)o1)NCCc1ccc(OC)cc1O.I. The van der Waals surface area contributed by atoms with Crippen molar-refractivity contribution in [3.63, 3.8) is 0 Å². The number of nitrogens with zero attached hydrogens (tertiary/aromatic N) is 1. The summed E-state index contributed by atoms with van der Waals surface area (Å²) in [4.78, 5) is 4.45. The van der Waals surface area contributed by atoms with E-state index in [-0.39, 0.29) is 36.3 Å². The summed E-state index contributed by atoms with van der Waals surface area (Å²) in [7, 11) is 1.56. The maximum absolute atomic E-state index is 10.6. The molecular formula is C20H30IN3O4. The Balaban J connectivity index is 0.00000392. The molecule has 0 saturated carbocycles. The Labute approximate surface area is 183 Å². The molecule has 156 valence electrons. The number of halogens is 1. The Morgan fingerprint density at radius 1 is 1.25 bits per heavy atom. The third kappa shape index (κ3) is 6.90. The number of aryl methyl sites for hydroxylation is 1. The number of hydrogen-bond donors (Lipinski definition) is 4. The van der Waals surface area contributed by atoms with Crippen LogP contribution in [0.2, 0.25) is 0 Å². The average Bonchev–Trinajstić information content (AvgIpc) is 3.08. The summed E-state index contributed by atoms with van der Waals surface area (Å²) in [6, 6.07) is 8.83. The highest BCUT2D eigenvalue weighted by Crippen LogP contribution is 2.24. The van der Waals surface area contributed by atoms with E-state index < -0.39 is 5.60 Å². The van der Waals surface area contributed by atoms with Gasteiger partial charge in [-0.25, -0.2) is 4.99 Å². The Kier molecular flexibility index (Phi) is 9.60. The third-order valence-corrected chi connectivity index (χ3v) is 4.14. The fraction of sp³-hybridized carbons (Fsp3) is 0.450. The fourth-order valence-corrected chi connectivity index (χ4v) is 2.57. The number of ether oxygens (including phenoxy) is 1. The van der Waals surface area contributed by atoms with Crippen LogP contribution in [0.15, 0.2) is 39.7 Å². The number of phenolic OH excluding ortho intramolecular Hbond substituents is 1. The van der Waals surface area contributed by atoms with Crippen molar-refractivity contribution in [1.29, 1.82) is 0 Å². The number of hydrogen-bond acceptors (Lipinski definition) is 5. The minimum Gasteiger partial charge on any atom is -0.508 e. The molecule has 2 aromatic rings. The van der Waals surface area contributed by atoms with Crippen LogP contribution in [0.25, 0.3) is 0 Å². The number of benzene rings is 1. The monoisotopic (exact) mass is 503 g/mol. The van der Waals surface area contributed by atoms with E-state index in [2.05, 4.69) is 15.6 Å². The van der Waals surface area contributed by atoms with E-state index >= 15 is 0 Å². The molecule has 0 aliphatic heterocycles. The van der Waals surface area contributed by atoms with Crippen LogP contribution in [0.3, 0.4) is 0 Å². The van der Waals surface area contributed by atoms with Crippen LogP contribution in [0.5, 0.6) is 11.5 Å². The third-order valence-electron chi connectivity index (χ3n) is 4.14. The minimum atomic E-state index is -1.19. The molecule has 0 aliphatic rings. The molecule has 0 saturated heterocycles. The first kappa shape index (κ1) is 24.1. The molecule has 1 atom stereocenters. The van der Waals surface area contributed by atoms with Gasteiger partial charge in [0.25, 0.3) is 0 Å². The van der Waals surface area contributed by atoms with Crippen LogP contribution in [-0.4, -0.2) is 42.9 Å². The van der Waals surface area contributed by atoms with Gasteiger partial charge >= 0.3 is 0 Å².